The number of benzene rings is 1. The minimum absolute atomic E-state index is 0.728. The van der Waals surface area contributed by atoms with Crippen LogP contribution < -0.4 is 11.1 Å². The van der Waals surface area contributed by atoms with E-state index in [1.165, 1.54) is 0 Å². The van der Waals surface area contributed by atoms with Gasteiger partial charge in [-0.3, -0.25) is 4.68 Å². The third-order valence-corrected chi connectivity index (χ3v) is 2.83. The molecule has 0 saturated heterocycles. The molecule has 18 heavy (non-hydrogen) atoms. The predicted molar refractivity (Wildman–Crippen MR) is 73.3 cm³/mol. The SMILES string of the molecule is CNc1cccc(-c2cn(CCCCN)nn2)c1. The standard InChI is InChI=1S/C13H19N5/c1-15-12-6-4-5-11(9-12)13-10-18(17-16-13)8-3-2-7-14/h4-6,9-10,15H,2-3,7-8,14H2,1H3. The molecule has 5 nitrogen and oxygen atoms in total. The van der Waals surface area contributed by atoms with Crippen molar-refractivity contribution in [1.82, 2.24) is 15.0 Å². The number of hydrogen-bond donors (Lipinski definition) is 2. The number of rotatable bonds is 6. The summed E-state index contributed by atoms with van der Waals surface area (Å²) in [6, 6.07) is 8.13. The fourth-order valence-corrected chi connectivity index (χ4v) is 1.79. The molecule has 0 aliphatic carbocycles. The first-order valence-corrected chi connectivity index (χ1v) is 6.22. The maximum atomic E-state index is 5.47. The molecule has 1 aromatic carbocycles. The lowest BCUT2D eigenvalue weighted by atomic mass is 10.1. The summed E-state index contributed by atoms with van der Waals surface area (Å²) in [6.07, 6.45) is 4.03. The van der Waals surface area contributed by atoms with Crippen molar-refractivity contribution in [2.24, 2.45) is 5.73 Å². The molecule has 2 aromatic rings. The van der Waals surface area contributed by atoms with Crippen LogP contribution in [-0.2, 0) is 6.54 Å². The van der Waals surface area contributed by atoms with Gasteiger partial charge in [0.15, 0.2) is 0 Å². The summed E-state index contributed by atoms with van der Waals surface area (Å²) >= 11 is 0. The van der Waals surface area contributed by atoms with Crippen LogP contribution in [0.3, 0.4) is 0 Å². The van der Waals surface area contributed by atoms with Crippen LogP contribution in [0.15, 0.2) is 30.5 Å². The van der Waals surface area contributed by atoms with E-state index < -0.39 is 0 Å². The van der Waals surface area contributed by atoms with E-state index in [0.29, 0.717) is 0 Å². The molecule has 0 aliphatic rings. The molecule has 0 saturated carbocycles. The van der Waals surface area contributed by atoms with Crippen LogP contribution >= 0.6 is 0 Å². The Kier molecular flexibility index (Phi) is 4.30. The highest BCUT2D eigenvalue weighted by molar-refractivity contribution is 5.63. The van der Waals surface area contributed by atoms with E-state index >= 15 is 0 Å². The van der Waals surface area contributed by atoms with Crippen molar-refractivity contribution >= 4 is 5.69 Å². The van der Waals surface area contributed by atoms with Gasteiger partial charge in [0.1, 0.15) is 5.69 Å². The van der Waals surface area contributed by atoms with Gasteiger partial charge < -0.3 is 11.1 Å². The van der Waals surface area contributed by atoms with Crippen LogP contribution in [0.2, 0.25) is 0 Å². The molecule has 0 radical (unpaired) electrons. The van der Waals surface area contributed by atoms with Gasteiger partial charge in [-0.1, -0.05) is 17.3 Å². The van der Waals surface area contributed by atoms with Crippen LogP contribution in [-0.4, -0.2) is 28.6 Å². The van der Waals surface area contributed by atoms with Gasteiger partial charge in [-0.25, -0.2) is 0 Å². The van der Waals surface area contributed by atoms with E-state index in [0.717, 1.165) is 42.9 Å². The zero-order valence-electron chi connectivity index (χ0n) is 10.6. The minimum Gasteiger partial charge on any atom is -0.388 e. The van der Waals surface area contributed by atoms with Crippen LogP contribution in [0.25, 0.3) is 11.3 Å². The molecule has 0 fully saturated rings. The van der Waals surface area contributed by atoms with Gasteiger partial charge in [0.2, 0.25) is 0 Å². The number of nitrogens with two attached hydrogens (primary N) is 1. The van der Waals surface area contributed by atoms with Crippen LogP contribution in [0.5, 0.6) is 0 Å². The Morgan fingerprint density at radius 1 is 1.33 bits per heavy atom. The van der Waals surface area contributed by atoms with E-state index in [4.69, 9.17) is 5.73 Å². The van der Waals surface area contributed by atoms with Crippen molar-refractivity contribution in [3.05, 3.63) is 30.5 Å². The average molecular weight is 245 g/mol. The summed E-state index contributed by atoms with van der Waals surface area (Å²) in [7, 11) is 1.91. The Bertz CT molecular complexity index is 492. The molecular weight excluding hydrogens is 226 g/mol. The Hall–Kier alpha value is -1.88. The summed E-state index contributed by atoms with van der Waals surface area (Å²) in [5, 5.41) is 11.4. The van der Waals surface area contributed by atoms with Crippen molar-refractivity contribution in [2.75, 3.05) is 18.9 Å². The summed E-state index contributed by atoms with van der Waals surface area (Å²) in [5.74, 6) is 0. The fraction of sp³-hybridized carbons (Fsp3) is 0.385. The highest BCUT2D eigenvalue weighted by atomic mass is 15.4. The minimum atomic E-state index is 0.728. The van der Waals surface area contributed by atoms with Gasteiger partial charge in [-0.05, 0) is 31.5 Å². The molecule has 2 rings (SSSR count). The zero-order chi connectivity index (χ0) is 12.8. The fourth-order valence-electron chi connectivity index (χ4n) is 1.79. The number of unbranched alkanes of at least 4 members (excludes halogenated alkanes) is 1. The lowest BCUT2D eigenvalue weighted by Crippen LogP contribution is -2.03. The predicted octanol–water partition coefficient (Wildman–Crippen LogP) is 1.73. The van der Waals surface area contributed by atoms with Gasteiger partial charge in [-0.2, -0.15) is 0 Å². The first kappa shape index (κ1) is 12.6. The van der Waals surface area contributed by atoms with Crippen molar-refractivity contribution in [2.45, 2.75) is 19.4 Å². The third kappa shape index (κ3) is 3.07. The normalized spacial score (nSPS) is 10.6. The maximum absolute atomic E-state index is 5.47. The first-order chi connectivity index (χ1) is 8.83. The molecule has 0 amide bonds. The van der Waals surface area contributed by atoms with Crippen molar-refractivity contribution in [3.63, 3.8) is 0 Å². The Balaban J connectivity index is 2.08. The molecule has 0 atom stereocenters. The van der Waals surface area contributed by atoms with Gasteiger partial charge in [0.25, 0.3) is 0 Å². The molecule has 0 unspecified atom stereocenters. The summed E-state index contributed by atoms with van der Waals surface area (Å²) in [4.78, 5) is 0. The van der Waals surface area contributed by atoms with E-state index in [2.05, 4.69) is 21.7 Å². The first-order valence-electron chi connectivity index (χ1n) is 6.22. The largest absolute Gasteiger partial charge is 0.388 e. The van der Waals surface area contributed by atoms with Crippen molar-refractivity contribution in [3.8, 4) is 11.3 Å². The second kappa shape index (κ2) is 6.16. The Labute approximate surface area is 107 Å². The van der Waals surface area contributed by atoms with Crippen molar-refractivity contribution < 1.29 is 0 Å². The van der Waals surface area contributed by atoms with E-state index in [1.807, 2.05) is 36.1 Å². The summed E-state index contributed by atoms with van der Waals surface area (Å²) < 4.78 is 1.87. The molecule has 3 N–H and O–H groups in total. The van der Waals surface area contributed by atoms with Gasteiger partial charge in [0, 0.05) is 24.8 Å². The highest BCUT2D eigenvalue weighted by Gasteiger charge is 2.04. The number of aryl methyl sites for hydroxylation is 1. The highest BCUT2D eigenvalue weighted by Crippen LogP contribution is 2.19. The number of nitrogens with zero attached hydrogens (tertiary/aromatic N) is 3. The zero-order valence-corrected chi connectivity index (χ0v) is 10.6. The van der Waals surface area contributed by atoms with Gasteiger partial charge >= 0.3 is 0 Å². The number of nitrogens with one attached hydrogen (secondary N) is 1. The number of anilines is 1. The van der Waals surface area contributed by atoms with Crippen LogP contribution in [0.4, 0.5) is 5.69 Å². The quantitative estimate of drug-likeness (QED) is 0.760. The Morgan fingerprint density at radius 2 is 2.22 bits per heavy atom. The second-order valence-electron chi connectivity index (χ2n) is 4.19. The lowest BCUT2D eigenvalue weighted by molar-refractivity contribution is 0.544. The molecule has 0 bridgehead atoms. The second-order valence-corrected chi connectivity index (χ2v) is 4.19. The number of hydrogen-bond acceptors (Lipinski definition) is 4. The maximum Gasteiger partial charge on any atom is 0.113 e. The Morgan fingerprint density at radius 3 is 3.00 bits per heavy atom. The monoisotopic (exact) mass is 245 g/mol. The molecule has 0 spiro atoms. The topological polar surface area (TPSA) is 68.8 Å². The molecule has 0 aliphatic heterocycles. The van der Waals surface area contributed by atoms with E-state index in [1.54, 1.807) is 0 Å². The van der Waals surface area contributed by atoms with Crippen molar-refractivity contribution in [1.29, 1.82) is 0 Å². The third-order valence-electron chi connectivity index (χ3n) is 2.83. The van der Waals surface area contributed by atoms with Crippen LogP contribution in [0, 0.1) is 0 Å². The van der Waals surface area contributed by atoms with E-state index in [-0.39, 0.29) is 0 Å². The lowest BCUT2D eigenvalue weighted by Gasteiger charge is -2.01. The van der Waals surface area contributed by atoms with Gasteiger partial charge in [-0.15, -0.1) is 5.10 Å². The smallest absolute Gasteiger partial charge is 0.113 e. The summed E-state index contributed by atoms with van der Waals surface area (Å²) in [6.45, 7) is 1.60. The van der Waals surface area contributed by atoms with E-state index in [9.17, 15) is 0 Å². The summed E-state index contributed by atoms with van der Waals surface area (Å²) in [5.41, 5.74) is 8.52. The average Bonchev–Trinajstić information content (AvgIpc) is 2.88. The molecule has 5 heteroatoms. The molecule has 1 aromatic heterocycles. The molecule has 1 heterocycles. The molecular formula is C13H19N5. The molecule has 96 valence electrons. The number of aromatic nitrogens is 3. The van der Waals surface area contributed by atoms with Crippen LogP contribution in [0.1, 0.15) is 12.8 Å². The van der Waals surface area contributed by atoms with Gasteiger partial charge in [0.05, 0.1) is 6.20 Å².